The molecule has 1 heterocycles. The second-order valence-corrected chi connectivity index (χ2v) is 5.43. The highest BCUT2D eigenvalue weighted by Gasteiger charge is 2.43. The van der Waals surface area contributed by atoms with E-state index in [9.17, 15) is 4.79 Å². The van der Waals surface area contributed by atoms with Crippen LogP contribution in [-0.4, -0.2) is 35.6 Å². The first-order valence-electron chi connectivity index (χ1n) is 6.62. The van der Waals surface area contributed by atoms with Gasteiger partial charge in [-0.2, -0.15) is 0 Å². The van der Waals surface area contributed by atoms with Gasteiger partial charge in [0.15, 0.2) is 0 Å². The van der Waals surface area contributed by atoms with Crippen molar-refractivity contribution < 1.29 is 9.90 Å². The standard InChI is InChI=1S/C13H23NO2/c1-2-13(6-3-4-7-13)12(16)14-8-5-11(9-14)10-15/h11,15H,2-10H2,1H3. The molecule has 1 amide bonds. The minimum atomic E-state index is -0.0512. The molecule has 2 rings (SSSR count). The normalized spacial score (nSPS) is 28.6. The quantitative estimate of drug-likeness (QED) is 0.795. The predicted molar refractivity (Wildman–Crippen MR) is 63.0 cm³/mol. The van der Waals surface area contributed by atoms with Crippen LogP contribution >= 0.6 is 0 Å². The van der Waals surface area contributed by atoms with E-state index in [4.69, 9.17) is 5.11 Å². The highest BCUT2D eigenvalue weighted by Crippen LogP contribution is 2.43. The van der Waals surface area contributed by atoms with E-state index in [0.717, 1.165) is 38.8 Å². The molecular weight excluding hydrogens is 202 g/mol. The van der Waals surface area contributed by atoms with Crippen molar-refractivity contribution in [1.82, 2.24) is 4.90 Å². The lowest BCUT2D eigenvalue weighted by Gasteiger charge is -2.31. The number of hydrogen-bond donors (Lipinski definition) is 1. The molecular formula is C13H23NO2. The molecule has 0 aromatic heterocycles. The number of likely N-dealkylation sites (tertiary alicyclic amines) is 1. The lowest BCUT2D eigenvalue weighted by atomic mass is 9.82. The lowest BCUT2D eigenvalue weighted by Crippen LogP contribution is -2.41. The maximum Gasteiger partial charge on any atom is 0.228 e. The maximum absolute atomic E-state index is 12.5. The average molecular weight is 225 g/mol. The summed E-state index contributed by atoms with van der Waals surface area (Å²) in [6.45, 7) is 3.99. The molecule has 92 valence electrons. The van der Waals surface area contributed by atoms with Crippen LogP contribution in [0.5, 0.6) is 0 Å². The maximum atomic E-state index is 12.5. The third kappa shape index (κ3) is 1.97. The predicted octanol–water partition coefficient (Wildman–Crippen LogP) is 1.80. The van der Waals surface area contributed by atoms with Crippen molar-refractivity contribution in [2.24, 2.45) is 11.3 Å². The number of carbonyl (C=O) groups excluding carboxylic acids is 1. The smallest absolute Gasteiger partial charge is 0.228 e. The molecule has 1 aliphatic carbocycles. The second kappa shape index (κ2) is 4.74. The fourth-order valence-electron chi connectivity index (χ4n) is 3.27. The molecule has 0 radical (unpaired) electrons. The second-order valence-electron chi connectivity index (χ2n) is 5.43. The summed E-state index contributed by atoms with van der Waals surface area (Å²) in [5.74, 6) is 0.683. The van der Waals surface area contributed by atoms with Crippen LogP contribution in [0.25, 0.3) is 0 Å². The largest absolute Gasteiger partial charge is 0.396 e. The van der Waals surface area contributed by atoms with Crippen molar-refractivity contribution in [1.29, 1.82) is 0 Å². The Morgan fingerprint density at radius 3 is 2.62 bits per heavy atom. The first kappa shape index (κ1) is 11.9. The van der Waals surface area contributed by atoms with Gasteiger partial charge in [0.05, 0.1) is 0 Å². The van der Waals surface area contributed by atoms with Gasteiger partial charge in [0.25, 0.3) is 0 Å². The van der Waals surface area contributed by atoms with Crippen molar-refractivity contribution in [3.63, 3.8) is 0 Å². The number of aliphatic hydroxyl groups is 1. The van der Waals surface area contributed by atoms with E-state index >= 15 is 0 Å². The Bertz CT molecular complexity index is 259. The molecule has 1 atom stereocenters. The van der Waals surface area contributed by atoms with Gasteiger partial charge in [-0.05, 0) is 25.7 Å². The van der Waals surface area contributed by atoms with Crippen LogP contribution in [0.4, 0.5) is 0 Å². The summed E-state index contributed by atoms with van der Waals surface area (Å²) in [7, 11) is 0. The Labute approximate surface area is 97.8 Å². The van der Waals surface area contributed by atoms with Crippen LogP contribution < -0.4 is 0 Å². The zero-order valence-corrected chi connectivity index (χ0v) is 10.2. The van der Waals surface area contributed by atoms with Crippen LogP contribution in [-0.2, 0) is 4.79 Å². The Morgan fingerprint density at radius 2 is 2.12 bits per heavy atom. The lowest BCUT2D eigenvalue weighted by molar-refractivity contribution is -0.141. The molecule has 0 spiro atoms. The third-order valence-electron chi connectivity index (χ3n) is 4.52. The van der Waals surface area contributed by atoms with Crippen LogP contribution in [0.3, 0.4) is 0 Å². The molecule has 1 aliphatic heterocycles. The number of amides is 1. The van der Waals surface area contributed by atoms with Gasteiger partial charge in [-0.25, -0.2) is 0 Å². The van der Waals surface area contributed by atoms with Gasteiger partial charge < -0.3 is 10.0 Å². The first-order valence-corrected chi connectivity index (χ1v) is 6.62. The van der Waals surface area contributed by atoms with Gasteiger partial charge in [-0.15, -0.1) is 0 Å². The molecule has 3 nitrogen and oxygen atoms in total. The van der Waals surface area contributed by atoms with E-state index in [-0.39, 0.29) is 12.0 Å². The van der Waals surface area contributed by atoms with Gasteiger partial charge in [-0.3, -0.25) is 4.79 Å². The molecule has 0 aromatic rings. The number of rotatable bonds is 3. The van der Waals surface area contributed by atoms with E-state index < -0.39 is 0 Å². The molecule has 3 heteroatoms. The Morgan fingerprint density at radius 1 is 1.44 bits per heavy atom. The van der Waals surface area contributed by atoms with Crippen LogP contribution in [0, 0.1) is 11.3 Å². The number of aliphatic hydroxyl groups excluding tert-OH is 1. The van der Waals surface area contributed by atoms with Crippen molar-refractivity contribution in [3.05, 3.63) is 0 Å². The molecule has 2 aliphatic rings. The minimum Gasteiger partial charge on any atom is -0.396 e. The van der Waals surface area contributed by atoms with E-state index in [2.05, 4.69) is 6.92 Å². The number of nitrogens with zero attached hydrogens (tertiary/aromatic N) is 1. The molecule has 16 heavy (non-hydrogen) atoms. The van der Waals surface area contributed by atoms with Crippen molar-refractivity contribution in [2.75, 3.05) is 19.7 Å². The average Bonchev–Trinajstić information content (AvgIpc) is 2.98. The van der Waals surface area contributed by atoms with E-state index in [0.29, 0.717) is 11.8 Å². The van der Waals surface area contributed by atoms with Crippen LogP contribution in [0.15, 0.2) is 0 Å². The van der Waals surface area contributed by atoms with Gasteiger partial charge in [0, 0.05) is 31.0 Å². The number of hydrogen-bond acceptors (Lipinski definition) is 2. The zero-order valence-electron chi connectivity index (χ0n) is 10.2. The Kier molecular flexibility index (Phi) is 3.53. The van der Waals surface area contributed by atoms with Gasteiger partial charge in [0.1, 0.15) is 0 Å². The summed E-state index contributed by atoms with van der Waals surface area (Å²) in [5.41, 5.74) is -0.0512. The van der Waals surface area contributed by atoms with Gasteiger partial charge in [-0.1, -0.05) is 19.8 Å². The summed E-state index contributed by atoms with van der Waals surface area (Å²) in [5, 5.41) is 9.11. The SMILES string of the molecule is CCC1(C(=O)N2CCC(CO)C2)CCCC1. The summed E-state index contributed by atoms with van der Waals surface area (Å²) < 4.78 is 0. The topological polar surface area (TPSA) is 40.5 Å². The summed E-state index contributed by atoms with van der Waals surface area (Å²) in [4.78, 5) is 14.5. The summed E-state index contributed by atoms with van der Waals surface area (Å²) in [6, 6.07) is 0. The Balaban J connectivity index is 2.01. The molecule has 1 saturated carbocycles. The fraction of sp³-hybridized carbons (Fsp3) is 0.923. The molecule has 0 bridgehead atoms. The highest BCUT2D eigenvalue weighted by molar-refractivity contribution is 5.83. The summed E-state index contributed by atoms with van der Waals surface area (Å²) >= 11 is 0. The van der Waals surface area contributed by atoms with E-state index in [1.54, 1.807) is 0 Å². The third-order valence-corrected chi connectivity index (χ3v) is 4.52. The zero-order chi connectivity index (χ0) is 11.6. The van der Waals surface area contributed by atoms with E-state index in [1.165, 1.54) is 12.8 Å². The summed E-state index contributed by atoms with van der Waals surface area (Å²) in [6.07, 6.45) is 6.51. The van der Waals surface area contributed by atoms with Gasteiger partial charge >= 0.3 is 0 Å². The first-order chi connectivity index (χ1) is 7.72. The highest BCUT2D eigenvalue weighted by atomic mass is 16.3. The van der Waals surface area contributed by atoms with Crippen LogP contribution in [0.2, 0.25) is 0 Å². The van der Waals surface area contributed by atoms with Crippen molar-refractivity contribution in [3.8, 4) is 0 Å². The molecule has 1 saturated heterocycles. The monoisotopic (exact) mass is 225 g/mol. The Hall–Kier alpha value is -0.570. The molecule has 1 N–H and O–H groups in total. The molecule has 1 unspecified atom stereocenters. The van der Waals surface area contributed by atoms with E-state index in [1.807, 2.05) is 4.90 Å². The fourth-order valence-corrected chi connectivity index (χ4v) is 3.27. The molecule has 2 fully saturated rings. The van der Waals surface area contributed by atoms with Crippen molar-refractivity contribution >= 4 is 5.91 Å². The minimum absolute atomic E-state index is 0.0512. The van der Waals surface area contributed by atoms with Crippen molar-refractivity contribution in [2.45, 2.75) is 45.4 Å². The number of carbonyl (C=O) groups is 1. The van der Waals surface area contributed by atoms with Crippen LogP contribution in [0.1, 0.15) is 45.4 Å². The molecule has 0 aromatic carbocycles. The van der Waals surface area contributed by atoms with Gasteiger partial charge in [0.2, 0.25) is 5.91 Å².